The summed E-state index contributed by atoms with van der Waals surface area (Å²) in [5.74, 6) is 2.20. The van der Waals surface area contributed by atoms with Crippen molar-refractivity contribution in [2.45, 2.75) is 20.4 Å². The van der Waals surface area contributed by atoms with Gasteiger partial charge >= 0.3 is 0 Å². The van der Waals surface area contributed by atoms with Gasteiger partial charge in [0.1, 0.15) is 5.82 Å². The van der Waals surface area contributed by atoms with Crippen molar-refractivity contribution in [1.82, 2.24) is 44.2 Å². The van der Waals surface area contributed by atoms with E-state index in [-0.39, 0.29) is 5.56 Å². The minimum absolute atomic E-state index is 0.107. The quantitative estimate of drug-likeness (QED) is 0.429. The van der Waals surface area contributed by atoms with Gasteiger partial charge in [-0.3, -0.25) is 14.7 Å². The van der Waals surface area contributed by atoms with E-state index in [9.17, 15) is 4.79 Å². The summed E-state index contributed by atoms with van der Waals surface area (Å²) in [6.45, 7) is 8.63. The van der Waals surface area contributed by atoms with E-state index in [0.717, 1.165) is 49.9 Å². The van der Waals surface area contributed by atoms with Crippen molar-refractivity contribution < 1.29 is 0 Å². The lowest BCUT2D eigenvalue weighted by molar-refractivity contribution is 0.242. The molecule has 11 nitrogen and oxygen atoms in total. The molecule has 0 atom stereocenters. The van der Waals surface area contributed by atoms with Gasteiger partial charge in [-0.25, -0.2) is 19.0 Å². The standard InChI is InChI=1S/C22H26N10O/c1-17-14-18(2)32(26-17)19-4-5-22(33)31(27-19)13-10-28-8-11-29(12-9-28)20-15-23-16-21(25-20)30-7-3-6-24-30/h3-7,14-16H,8-13H2,1-2H3. The van der Waals surface area contributed by atoms with Gasteiger partial charge in [0.2, 0.25) is 0 Å². The first-order valence-electron chi connectivity index (χ1n) is 11.0. The largest absolute Gasteiger partial charge is 0.353 e. The van der Waals surface area contributed by atoms with Crippen LogP contribution in [-0.4, -0.2) is 76.9 Å². The van der Waals surface area contributed by atoms with Crippen LogP contribution in [0.1, 0.15) is 11.4 Å². The first-order chi connectivity index (χ1) is 16.1. The Morgan fingerprint density at radius 1 is 0.939 bits per heavy atom. The fraction of sp³-hybridized carbons (Fsp3) is 0.364. The molecule has 0 amide bonds. The third kappa shape index (κ3) is 4.53. The Balaban J connectivity index is 1.20. The maximum Gasteiger partial charge on any atom is 0.266 e. The fourth-order valence-corrected chi connectivity index (χ4v) is 4.02. The average Bonchev–Trinajstić information content (AvgIpc) is 3.49. The number of anilines is 1. The maximum atomic E-state index is 12.4. The highest BCUT2D eigenvalue weighted by molar-refractivity contribution is 5.39. The van der Waals surface area contributed by atoms with Crippen LogP contribution in [0.4, 0.5) is 5.82 Å². The molecular weight excluding hydrogens is 420 g/mol. The summed E-state index contributed by atoms with van der Waals surface area (Å²) in [5.41, 5.74) is 1.80. The number of aromatic nitrogens is 8. The van der Waals surface area contributed by atoms with Crippen LogP contribution in [0.3, 0.4) is 0 Å². The van der Waals surface area contributed by atoms with Gasteiger partial charge in [0.25, 0.3) is 5.56 Å². The van der Waals surface area contributed by atoms with Gasteiger partial charge in [-0.2, -0.15) is 10.2 Å². The number of hydrogen-bond acceptors (Lipinski definition) is 8. The summed E-state index contributed by atoms with van der Waals surface area (Å²) < 4.78 is 5.00. The molecule has 0 aromatic carbocycles. The predicted molar refractivity (Wildman–Crippen MR) is 123 cm³/mol. The molecule has 4 aromatic rings. The zero-order valence-corrected chi connectivity index (χ0v) is 18.7. The molecule has 5 heterocycles. The zero-order valence-electron chi connectivity index (χ0n) is 18.7. The summed E-state index contributed by atoms with van der Waals surface area (Å²) in [6.07, 6.45) is 7.07. The lowest BCUT2D eigenvalue weighted by Crippen LogP contribution is -2.48. The Morgan fingerprint density at radius 3 is 2.48 bits per heavy atom. The molecule has 0 bridgehead atoms. The summed E-state index contributed by atoms with van der Waals surface area (Å²) in [7, 11) is 0. The lowest BCUT2D eigenvalue weighted by Gasteiger charge is -2.35. The Bertz CT molecular complexity index is 1280. The average molecular weight is 447 g/mol. The molecule has 5 rings (SSSR count). The van der Waals surface area contributed by atoms with Crippen LogP contribution >= 0.6 is 0 Å². The van der Waals surface area contributed by atoms with Crippen molar-refractivity contribution in [3.05, 3.63) is 70.8 Å². The van der Waals surface area contributed by atoms with E-state index in [1.807, 2.05) is 32.2 Å². The molecule has 1 aliphatic heterocycles. The van der Waals surface area contributed by atoms with Crippen molar-refractivity contribution in [2.75, 3.05) is 37.6 Å². The van der Waals surface area contributed by atoms with Crippen LogP contribution in [-0.2, 0) is 6.54 Å². The second kappa shape index (κ2) is 8.94. The van der Waals surface area contributed by atoms with Crippen LogP contribution in [0.25, 0.3) is 11.6 Å². The monoisotopic (exact) mass is 446 g/mol. The zero-order chi connectivity index (χ0) is 22.8. The van der Waals surface area contributed by atoms with Gasteiger partial charge in [0.05, 0.1) is 24.6 Å². The van der Waals surface area contributed by atoms with Gasteiger partial charge in [-0.1, -0.05) is 0 Å². The van der Waals surface area contributed by atoms with Crippen molar-refractivity contribution >= 4 is 5.82 Å². The number of aryl methyl sites for hydroxylation is 2. The van der Waals surface area contributed by atoms with Gasteiger partial charge in [0, 0.05) is 56.9 Å². The van der Waals surface area contributed by atoms with Crippen LogP contribution < -0.4 is 10.5 Å². The Hall–Kier alpha value is -3.86. The topological polar surface area (TPSA) is 103 Å². The Morgan fingerprint density at radius 2 is 1.76 bits per heavy atom. The van der Waals surface area contributed by atoms with E-state index in [2.05, 4.69) is 30.1 Å². The maximum absolute atomic E-state index is 12.4. The molecule has 1 fully saturated rings. The van der Waals surface area contributed by atoms with E-state index in [1.165, 1.54) is 4.68 Å². The third-order valence-corrected chi connectivity index (χ3v) is 5.75. The number of hydrogen-bond donors (Lipinski definition) is 0. The molecule has 0 N–H and O–H groups in total. The smallest absolute Gasteiger partial charge is 0.266 e. The minimum atomic E-state index is -0.107. The molecule has 1 saturated heterocycles. The van der Waals surface area contributed by atoms with Gasteiger partial charge in [-0.15, -0.1) is 5.10 Å². The van der Waals surface area contributed by atoms with E-state index < -0.39 is 0 Å². The van der Waals surface area contributed by atoms with Gasteiger partial charge in [-0.05, 0) is 32.0 Å². The van der Waals surface area contributed by atoms with Gasteiger partial charge in [0.15, 0.2) is 11.6 Å². The van der Waals surface area contributed by atoms with Crippen molar-refractivity contribution in [3.8, 4) is 11.6 Å². The number of nitrogens with zero attached hydrogens (tertiary/aromatic N) is 10. The van der Waals surface area contributed by atoms with Gasteiger partial charge < -0.3 is 4.90 Å². The molecule has 0 saturated carbocycles. The normalized spacial score (nSPS) is 14.7. The van der Waals surface area contributed by atoms with Crippen LogP contribution in [0.15, 0.2) is 53.8 Å². The van der Waals surface area contributed by atoms with Crippen LogP contribution in [0, 0.1) is 13.8 Å². The van der Waals surface area contributed by atoms with E-state index in [4.69, 9.17) is 4.98 Å². The number of piperazine rings is 1. The highest BCUT2D eigenvalue weighted by atomic mass is 16.1. The molecule has 170 valence electrons. The first-order valence-corrected chi connectivity index (χ1v) is 11.0. The molecule has 0 aliphatic carbocycles. The molecule has 0 radical (unpaired) electrons. The highest BCUT2D eigenvalue weighted by Crippen LogP contribution is 2.14. The molecule has 11 heteroatoms. The second-order valence-corrected chi connectivity index (χ2v) is 8.11. The molecule has 0 unspecified atom stereocenters. The highest BCUT2D eigenvalue weighted by Gasteiger charge is 2.19. The van der Waals surface area contributed by atoms with Crippen LogP contribution in [0.2, 0.25) is 0 Å². The summed E-state index contributed by atoms with van der Waals surface area (Å²) >= 11 is 0. The summed E-state index contributed by atoms with van der Waals surface area (Å²) in [6, 6.07) is 7.13. The molecule has 33 heavy (non-hydrogen) atoms. The SMILES string of the molecule is Cc1cc(C)n(-c2ccc(=O)n(CCN3CCN(c4cncc(-n5cccn5)n4)CC3)n2)n1. The molecule has 4 aromatic heterocycles. The van der Waals surface area contributed by atoms with E-state index in [1.54, 1.807) is 40.1 Å². The Labute approximate surface area is 190 Å². The van der Waals surface area contributed by atoms with Crippen LogP contribution in [0.5, 0.6) is 0 Å². The lowest BCUT2D eigenvalue weighted by atomic mass is 10.3. The molecule has 0 spiro atoms. The number of rotatable bonds is 6. The first kappa shape index (κ1) is 21.0. The van der Waals surface area contributed by atoms with E-state index >= 15 is 0 Å². The second-order valence-electron chi connectivity index (χ2n) is 8.11. The summed E-state index contributed by atoms with van der Waals surface area (Å²) in [4.78, 5) is 25.9. The third-order valence-electron chi connectivity index (χ3n) is 5.75. The predicted octanol–water partition coefficient (Wildman–Crippen LogP) is 0.844. The molecule has 1 aliphatic rings. The Kier molecular flexibility index (Phi) is 5.69. The summed E-state index contributed by atoms with van der Waals surface area (Å²) in [5, 5.41) is 13.2. The van der Waals surface area contributed by atoms with Crippen molar-refractivity contribution in [1.29, 1.82) is 0 Å². The van der Waals surface area contributed by atoms with Crippen molar-refractivity contribution in [2.24, 2.45) is 0 Å². The molecular formula is C22H26N10O. The van der Waals surface area contributed by atoms with E-state index in [0.29, 0.717) is 18.2 Å². The minimum Gasteiger partial charge on any atom is -0.353 e. The fourth-order valence-electron chi connectivity index (χ4n) is 4.02. The van der Waals surface area contributed by atoms with Crippen molar-refractivity contribution in [3.63, 3.8) is 0 Å².